The summed E-state index contributed by atoms with van der Waals surface area (Å²) >= 11 is 0. The van der Waals surface area contributed by atoms with E-state index in [1.165, 1.54) is 19.3 Å². The van der Waals surface area contributed by atoms with Crippen LogP contribution in [0.15, 0.2) is 16.7 Å². The number of amides is 1. The van der Waals surface area contributed by atoms with E-state index >= 15 is 0 Å². The van der Waals surface area contributed by atoms with Crippen LogP contribution in [-0.2, 0) is 11.2 Å². The monoisotopic (exact) mass is 327 g/mol. The number of likely N-dealkylation sites (tertiary alicyclic amines) is 1. The van der Waals surface area contributed by atoms with Crippen molar-refractivity contribution in [3.8, 4) is 0 Å². The van der Waals surface area contributed by atoms with Gasteiger partial charge in [0.1, 0.15) is 0 Å². The van der Waals surface area contributed by atoms with Crippen molar-refractivity contribution in [2.75, 3.05) is 13.1 Å². The van der Waals surface area contributed by atoms with Gasteiger partial charge in [0, 0.05) is 31.3 Å². The summed E-state index contributed by atoms with van der Waals surface area (Å²) in [6, 6.07) is 0. The third-order valence-electron chi connectivity index (χ3n) is 6.32. The molecule has 2 saturated carbocycles. The van der Waals surface area contributed by atoms with Crippen LogP contribution in [-0.4, -0.2) is 34.0 Å². The summed E-state index contributed by atoms with van der Waals surface area (Å²) in [4.78, 5) is 19.6. The molecule has 2 bridgehead atoms. The average Bonchev–Trinajstić information content (AvgIpc) is 3.02. The van der Waals surface area contributed by atoms with E-state index in [9.17, 15) is 4.79 Å². The Morgan fingerprint density at radius 2 is 2.17 bits per heavy atom. The van der Waals surface area contributed by atoms with Crippen LogP contribution in [0.4, 0.5) is 0 Å². The van der Waals surface area contributed by atoms with Crippen LogP contribution < -0.4 is 0 Å². The number of hydrogen-bond donors (Lipinski definition) is 0. The molecule has 1 aliphatic heterocycles. The van der Waals surface area contributed by atoms with Gasteiger partial charge in [-0.1, -0.05) is 17.3 Å². The fraction of sp³-hybridized carbons (Fsp3) is 0.737. The maximum Gasteiger partial charge on any atom is 0.226 e. The Hall–Kier alpha value is -1.65. The van der Waals surface area contributed by atoms with E-state index < -0.39 is 0 Å². The lowest BCUT2D eigenvalue weighted by Gasteiger charge is -2.35. The van der Waals surface area contributed by atoms with Gasteiger partial charge in [-0.3, -0.25) is 4.79 Å². The lowest BCUT2D eigenvalue weighted by molar-refractivity contribution is -0.138. The van der Waals surface area contributed by atoms with Crippen LogP contribution in [0.1, 0.15) is 56.2 Å². The van der Waals surface area contributed by atoms with Crippen LogP contribution in [0.5, 0.6) is 0 Å². The van der Waals surface area contributed by atoms with Gasteiger partial charge in [0.05, 0.1) is 0 Å². The topological polar surface area (TPSA) is 59.2 Å². The number of fused-ring (bicyclic) bond motifs is 2. The molecule has 5 heteroatoms. The Morgan fingerprint density at radius 1 is 1.25 bits per heavy atom. The number of carbonyl (C=O) groups is 1. The maximum atomic E-state index is 12.9. The predicted molar refractivity (Wildman–Crippen MR) is 88.1 cm³/mol. The number of piperidine rings is 1. The fourth-order valence-electron chi connectivity index (χ4n) is 4.84. The minimum atomic E-state index is 0.239. The molecule has 4 atom stereocenters. The second-order valence-electron chi connectivity index (χ2n) is 8.20. The number of nitrogens with zero attached hydrogens (tertiary/aromatic N) is 3. The van der Waals surface area contributed by atoms with Crippen molar-refractivity contribution < 1.29 is 9.32 Å². The summed E-state index contributed by atoms with van der Waals surface area (Å²) in [5.74, 6) is 4.44. The second kappa shape index (κ2) is 5.71. The molecule has 0 aromatic carbocycles. The molecule has 1 saturated heterocycles. The smallest absolute Gasteiger partial charge is 0.226 e. The molecule has 5 rings (SSSR count). The van der Waals surface area contributed by atoms with Crippen molar-refractivity contribution in [3.05, 3.63) is 23.9 Å². The van der Waals surface area contributed by atoms with Crippen molar-refractivity contribution in [3.63, 3.8) is 0 Å². The highest BCUT2D eigenvalue weighted by Gasteiger charge is 2.42. The van der Waals surface area contributed by atoms with Gasteiger partial charge in [-0.15, -0.1) is 0 Å². The molecule has 4 unspecified atom stereocenters. The van der Waals surface area contributed by atoms with Crippen LogP contribution in [0.25, 0.3) is 0 Å². The standard InChI is InChI=1S/C19H25N3O2/c23-19(16-9-12-3-4-15(16)8-12)22-7-1-2-13(11-22)10-17-20-18(21-24-17)14-5-6-14/h3-4,12-16H,1-2,5-11H2. The lowest BCUT2D eigenvalue weighted by Crippen LogP contribution is -2.44. The summed E-state index contributed by atoms with van der Waals surface area (Å²) in [5.41, 5.74) is 0. The third-order valence-corrected chi connectivity index (χ3v) is 6.32. The number of rotatable bonds is 4. The molecule has 2 heterocycles. The molecule has 3 aliphatic carbocycles. The minimum absolute atomic E-state index is 0.239. The first-order valence-corrected chi connectivity index (χ1v) is 9.56. The van der Waals surface area contributed by atoms with Crippen LogP contribution in [0.3, 0.4) is 0 Å². The van der Waals surface area contributed by atoms with E-state index in [4.69, 9.17) is 4.52 Å². The Morgan fingerprint density at radius 3 is 2.92 bits per heavy atom. The average molecular weight is 327 g/mol. The van der Waals surface area contributed by atoms with E-state index in [2.05, 4.69) is 27.2 Å². The molecule has 1 aromatic heterocycles. The normalized spacial score (nSPS) is 34.9. The Kier molecular flexibility index (Phi) is 3.49. The number of allylic oxidation sites excluding steroid dienone is 2. The molecule has 128 valence electrons. The maximum absolute atomic E-state index is 12.9. The molecule has 0 N–H and O–H groups in total. The minimum Gasteiger partial charge on any atom is -0.342 e. The SMILES string of the molecule is O=C(C1CC2C=CC1C2)N1CCCC(Cc2nc(C3CC3)no2)C1. The van der Waals surface area contributed by atoms with Crippen LogP contribution in [0, 0.1) is 23.7 Å². The van der Waals surface area contributed by atoms with E-state index in [1.807, 2.05) is 0 Å². The lowest BCUT2D eigenvalue weighted by atomic mass is 9.89. The summed E-state index contributed by atoms with van der Waals surface area (Å²) < 4.78 is 5.43. The molecule has 24 heavy (non-hydrogen) atoms. The summed E-state index contributed by atoms with van der Waals surface area (Å²) in [5, 5.41) is 4.11. The predicted octanol–water partition coefficient (Wildman–Crippen LogP) is 2.94. The molecule has 1 aromatic rings. The van der Waals surface area contributed by atoms with Gasteiger partial charge in [-0.25, -0.2) is 0 Å². The molecule has 0 radical (unpaired) electrons. The number of carbonyl (C=O) groups excluding carboxylic acids is 1. The largest absolute Gasteiger partial charge is 0.342 e. The second-order valence-corrected chi connectivity index (χ2v) is 8.20. The molecular weight excluding hydrogens is 302 g/mol. The van der Waals surface area contributed by atoms with Crippen molar-refractivity contribution >= 4 is 5.91 Å². The van der Waals surface area contributed by atoms with Crippen molar-refractivity contribution in [1.29, 1.82) is 0 Å². The molecule has 4 aliphatic rings. The van der Waals surface area contributed by atoms with Gasteiger partial charge in [0.25, 0.3) is 0 Å². The first-order chi connectivity index (χ1) is 11.8. The van der Waals surface area contributed by atoms with E-state index in [0.717, 1.165) is 50.5 Å². The third kappa shape index (κ3) is 2.68. The van der Waals surface area contributed by atoms with Crippen LogP contribution >= 0.6 is 0 Å². The van der Waals surface area contributed by atoms with Gasteiger partial charge in [-0.05, 0) is 56.3 Å². The van der Waals surface area contributed by atoms with Crippen molar-refractivity contribution in [2.24, 2.45) is 23.7 Å². The van der Waals surface area contributed by atoms with E-state index in [1.54, 1.807) is 0 Å². The molecule has 3 fully saturated rings. The van der Waals surface area contributed by atoms with Crippen molar-refractivity contribution in [2.45, 2.75) is 50.9 Å². The molecular formula is C19H25N3O2. The first kappa shape index (κ1) is 14.7. The summed E-state index contributed by atoms with van der Waals surface area (Å²) in [6.07, 6.45) is 12.3. The van der Waals surface area contributed by atoms with Crippen LogP contribution in [0.2, 0.25) is 0 Å². The Balaban J connectivity index is 1.21. The van der Waals surface area contributed by atoms with Gasteiger partial charge < -0.3 is 9.42 Å². The van der Waals surface area contributed by atoms with Crippen molar-refractivity contribution in [1.82, 2.24) is 15.0 Å². The molecule has 1 amide bonds. The summed E-state index contributed by atoms with van der Waals surface area (Å²) in [6.45, 7) is 1.78. The molecule has 0 spiro atoms. The van der Waals surface area contributed by atoms with Gasteiger partial charge in [0.15, 0.2) is 5.82 Å². The van der Waals surface area contributed by atoms with Gasteiger partial charge in [0.2, 0.25) is 11.8 Å². The number of hydrogen-bond acceptors (Lipinski definition) is 4. The highest BCUT2D eigenvalue weighted by molar-refractivity contribution is 5.80. The zero-order valence-electron chi connectivity index (χ0n) is 14.1. The Bertz CT molecular complexity index is 663. The zero-order valence-corrected chi connectivity index (χ0v) is 14.1. The highest BCUT2D eigenvalue weighted by Crippen LogP contribution is 2.44. The van der Waals surface area contributed by atoms with E-state index in [-0.39, 0.29) is 5.92 Å². The highest BCUT2D eigenvalue weighted by atomic mass is 16.5. The Labute approximate surface area is 142 Å². The molecule has 5 nitrogen and oxygen atoms in total. The van der Waals surface area contributed by atoms with E-state index in [0.29, 0.717) is 29.6 Å². The first-order valence-electron chi connectivity index (χ1n) is 9.56. The quantitative estimate of drug-likeness (QED) is 0.798. The fourth-order valence-corrected chi connectivity index (χ4v) is 4.84. The zero-order chi connectivity index (χ0) is 16.1. The summed E-state index contributed by atoms with van der Waals surface area (Å²) in [7, 11) is 0. The number of aromatic nitrogens is 2. The van der Waals surface area contributed by atoms with Gasteiger partial charge >= 0.3 is 0 Å². The van der Waals surface area contributed by atoms with Gasteiger partial charge in [-0.2, -0.15) is 4.98 Å².